The molecule has 0 spiro atoms. The van der Waals surface area contributed by atoms with Crippen LogP contribution in [-0.4, -0.2) is 18.8 Å². The Labute approximate surface area is 124 Å². The largest absolute Gasteiger partial charge is 0.497 e. The van der Waals surface area contributed by atoms with Gasteiger partial charge in [0.2, 0.25) is 0 Å². The Bertz CT molecular complexity index is 589. The highest BCUT2D eigenvalue weighted by molar-refractivity contribution is 5.30. The Morgan fingerprint density at radius 3 is 2.57 bits per heavy atom. The lowest BCUT2D eigenvalue weighted by molar-refractivity contribution is 0.170. The maximum atomic E-state index is 13.1. The van der Waals surface area contributed by atoms with Gasteiger partial charge in [-0.3, -0.25) is 0 Å². The molecule has 0 aliphatic heterocycles. The Morgan fingerprint density at radius 1 is 1.14 bits per heavy atom. The number of aliphatic hydroxyl groups excluding tert-OH is 1. The SMILES string of the molecule is COc1cccc([C@H](C)NCC(O)c2cccc(F)c2)c1. The van der Waals surface area contributed by atoms with Crippen molar-refractivity contribution in [2.45, 2.75) is 19.1 Å². The van der Waals surface area contributed by atoms with Gasteiger partial charge >= 0.3 is 0 Å². The highest BCUT2D eigenvalue weighted by Gasteiger charge is 2.11. The average Bonchev–Trinajstić information content (AvgIpc) is 2.52. The second-order valence-electron chi connectivity index (χ2n) is 4.98. The van der Waals surface area contributed by atoms with Crippen LogP contribution in [0.25, 0.3) is 0 Å². The molecule has 0 radical (unpaired) electrons. The summed E-state index contributed by atoms with van der Waals surface area (Å²) in [5, 5.41) is 13.3. The van der Waals surface area contributed by atoms with Gasteiger partial charge in [-0.25, -0.2) is 4.39 Å². The molecule has 112 valence electrons. The maximum absolute atomic E-state index is 13.1. The van der Waals surface area contributed by atoms with E-state index < -0.39 is 6.10 Å². The molecule has 1 unspecified atom stereocenters. The van der Waals surface area contributed by atoms with Gasteiger partial charge in [-0.05, 0) is 42.3 Å². The number of methoxy groups -OCH3 is 1. The van der Waals surface area contributed by atoms with Crippen molar-refractivity contribution in [2.24, 2.45) is 0 Å². The third-order valence-electron chi connectivity index (χ3n) is 3.44. The van der Waals surface area contributed by atoms with Gasteiger partial charge < -0.3 is 15.2 Å². The predicted octanol–water partition coefficient (Wildman–Crippen LogP) is 3.22. The normalized spacial score (nSPS) is 13.7. The van der Waals surface area contributed by atoms with Crippen molar-refractivity contribution in [3.05, 3.63) is 65.5 Å². The fraction of sp³-hybridized carbons (Fsp3) is 0.294. The van der Waals surface area contributed by atoms with Crippen molar-refractivity contribution in [3.63, 3.8) is 0 Å². The van der Waals surface area contributed by atoms with Gasteiger partial charge in [-0.1, -0.05) is 24.3 Å². The lowest BCUT2D eigenvalue weighted by Gasteiger charge is -2.18. The zero-order valence-electron chi connectivity index (χ0n) is 12.2. The second-order valence-corrected chi connectivity index (χ2v) is 4.98. The van der Waals surface area contributed by atoms with E-state index in [0.717, 1.165) is 11.3 Å². The van der Waals surface area contributed by atoms with Crippen LogP contribution in [-0.2, 0) is 0 Å². The second kappa shape index (κ2) is 7.20. The van der Waals surface area contributed by atoms with Crippen LogP contribution >= 0.6 is 0 Å². The molecule has 0 fully saturated rings. The third-order valence-corrected chi connectivity index (χ3v) is 3.44. The van der Waals surface area contributed by atoms with Crippen LogP contribution in [0.2, 0.25) is 0 Å². The van der Waals surface area contributed by atoms with E-state index in [4.69, 9.17) is 4.74 Å². The first kappa shape index (κ1) is 15.5. The topological polar surface area (TPSA) is 41.5 Å². The molecule has 4 heteroatoms. The van der Waals surface area contributed by atoms with E-state index >= 15 is 0 Å². The molecule has 2 aromatic carbocycles. The van der Waals surface area contributed by atoms with Gasteiger partial charge in [0, 0.05) is 12.6 Å². The highest BCUT2D eigenvalue weighted by Crippen LogP contribution is 2.20. The summed E-state index contributed by atoms with van der Waals surface area (Å²) in [5.74, 6) is 0.458. The smallest absolute Gasteiger partial charge is 0.123 e. The monoisotopic (exact) mass is 289 g/mol. The van der Waals surface area contributed by atoms with Gasteiger partial charge in [-0.2, -0.15) is 0 Å². The molecule has 0 saturated heterocycles. The van der Waals surface area contributed by atoms with Crippen LogP contribution in [0.5, 0.6) is 5.75 Å². The van der Waals surface area contributed by atoms with E-state index in [1.54, 1.807) is 19.2 Å². The van der Waals surface area contributed by atoms with Crippen LogP contribution in [0.3, 0.4) is 0 Å². The summed E-state index contributed by atoms with van der Waals surface area (Å²) in [6.45, 7) is 2.36. The molecule has 21 heavy (non-hydrogen) atoms. The van der Waals surface area contributed by atoms with Gasteiger partial charge in [0.05, 0.1) is 13.2 Å². The third kappa shape index (κ3) is 4.28. The molecule has 3 nitrogen and oxygen atoms in total. The van der Waals surface area contributed by atoms with Crippen LogP contribution < -0.4 is 10.1 Å². The molecule has 0 aliphatic carbocycles. The van der Waals surface area contributed by atoms with Crippen LogP contribution in [0.1, 0.15) is 30.2 Å². The fourth-order valence-corrected chi connectivity index (χ4v) is 2.15. The van der Waals surface area contributed by atoms with Gasteiger partial charge in [0.25, 0.3) is 0 Å². The minimum atomic E-state index is -0.742. The Hall–Kier alpha value is -1.91. The van der Waals surface area contributed by atoms with Crippen molar-refractivity contribution < 1.29 is 14.2 Å². The predicted molar refractivity (Wildman–Crippen MR) is 80.8 cm³/mol. The summed E-state index contributed by atoms with van der Waals surface area (Å²) < 4.78 is 18.3. The summed E-state index contributed by atoms with van der Waals surface area (Å²) in [5.41, 5.74) is 1.64. The molecule has 0 amide bonds. The summed E-state index contributed by atoms with van der Waals surface area (Å²) in [7, 11) is 1.63. The van der Waals surface area contributed by atoms with E-state index in [9.17, 15) is 9.50 Å². The van der Waals surface area contributed by atoms with E-state index in [1.165, 1.54) is 12.1 Å². The fourth-order valence-electron chi connectivity index (χ4n) is 2.15. The van der Waals surface area contributed by atoms with Crippen molar-refractivity contribution in [1.29, 1.82) is 0 Å². The average molecular weight is 289 g/mol. The minimum absolute atomic E-state index is 0.0586. The Morgan fingerprint density at radius 2 is 1.86 bits per heavy atom. The summed E-state index contributed by atoms with van der Waals surface area (Å²) >= 11 is 0. The van der Waals surface area contributed by atoms with Crippen LogP contribution in [0.15, 0.2) is 48.5 Å². The molecule has 2 rings (SSSR count). The van der Waals surface area contributed by atoms with Gasteiger partial charge in [0.15, 0.2) is 0 Å². The van der Waals surface area contributed by atoms with Crippen molar-refractivity contribution in [3.8, 4) is 5.75 Å². The molecular formula is C17H20FNO2. The zero-order chi connectivity index (χ0) is 15.2. The molecule has 2 aromatic rings. The summed E-state index contributed by atoms with van der Waals surface area (Å²) in [4.78, 5) is 0. The number of nitrogens with one attached hydrogen (secondary N) is 1. The molecule has 0 aromatic heterocycles. The van der Waals surface area contributed by atoms with E-state index in [0.29, 0.717) is 12.1 Å². The van der Waals surface area contributed by atoms with Gasteiger partial charge in [-0.15, -0.1) is 0 Å². The lowest BCUT2D eigenvalue weighted by Crippen LogP contribution is -2.24. The molecule has 2 N–H and O–H groups in total. The number of ether oxygens (including phenoxy) is 1. The summed E-state index contributed by atoms with van der Waals surface area (Å²) in [6, 6.07) is 13.8. The Balaban J connectivity index is 1.95. The summed E-state index contributed by atoms with van der Waals surface area (Å²) in [6.07, 6.45) is -0.742. The van der Waals surface area contributed by atoms with E-state index in [2.05, 4.69) is 5.32 Å². The quantitative estimate of drug-likeness (QED) is 0.858. The maximum Gasteiger partial charge on any atom is 0.123 e. The zero-order valence-corrected chi connectivity index (χ0v) is 12.2. The van der Waals surface area contributed by atoms with Crippen molar-refractivity contribution in [1.82, 2.24) is 5.32 Å². The molecule has 0 saturated carbocycles. The first-order valence-electron chi connectivity index (χ1n) is 6.91. The number of benzene rings is 2. The van der Waals surface area contributed by atoms with Crippen molar-refractivity contribution >= 4 is 0 Å². The van der Waals surface area contributed by atoms with E-state index in [1.807, 2.05) is 31.2 Å². The lowest BCUT2D eigenvalue weighted by atomic mass is 10.1. The van der Waals surface area contributed by atoms with Crippen molar-refractivity contribution in [2.75, 3.05) is 13.7 Å². The van der Waals surface area contributed by atoms with Crippen LogP contribution in [0, 0.1) is 5.82 Å². The first-order chi connectivity index (χ1) is 10.1. The number of hydrogen-bond donors (Lipinski definition) is 2. The number of rotatable bonds is 6. The Kier molecular flexibility index (Phi) is 5.31. The van der Waals surface area contributed by atoms with Crippen LogP contribution in [0.4, 0.5) is 4.39 Å². The number of hydrogen-bond acceptors (Lipinski definition) is 3. The molecule has 0 bridgehead atoms. The molecular weight excluding hydrogens is 269 g/mol. The highest BCUT2D eigenvalue weighted by atomic mass is 19.1. The number of aliphatic hydroxyl groups is 1. The molecule has 0 heterocycles. The number of halogens is 1. The minimum Gasteiger partial charge on any atom is -0.497 e. The van der Waals surface area contributed by atoms with Gasteiger partial charge in [0.1, 0.15) is 11.6 Å². The van der Waals surface area contributed by atoms with E-state index in [-0.39, 0.29) is 11.9 Å². The first-order valence-corrected chi connectivity index (χ1v) is 6.91. The molecule has 2 atom stereocenters. The molecule has 0 aliphatic rings. The standard InChI is InChI=1S/C17H20FNO2/c1-12(13-5-4-8-16(10-13)21-2)19-11-17(20)14-6-3-7-15(18)9-14/h3-10,12,17,19-20H,11H2,1-2H3/t12-,17?/m0/s1.